The summed E-state index contributed by atoms with van der Waals surface area (Å²) in [4.78, 5) is 11.8. The Labute approximate surface area is 90.8 Å². The molecule has 2 aliphatic rings. The molecule has 1 aliphatic carbocycles. The standard InChI is InChI=1S/C11H18O2S/c12-10-11(5-2-1-3-6-11)8-9(13-10)4-7-14/h9,14H,1-8H2. The first kappa shape index (κ1) is 10.3. The van der Waals surface area contributed by atoms with E-state index in [1.165, 1.54) is 19.3 Å². The number of thiol groups is 1. The van der Waals surface area contributed by atoms with Crippen molar-refractivity contribution >= 4 is 18.6 Å². The van der Waals surface area contributed by atoms with Gasteiger partial charge in [0.05, 0.1) is 5.41 Å². The van der Waals surface area contributed by atoms with Gasteiger partial charge in [-0.2, -0.15) is 12.6 Å². The molecule has 80 valence electrons. The van der Waals surface area contributed by atoms with E-state index in [1.807, 2.05) is 0 Å². The fraction of sp³-hybridized carbons (Fsp3) is 0.909. The summed E-state index contributed by atoms with van der Waals surface area (Å²) in [6.45, 7) is 0. The van der Waals surface area contributed by atoms with Crippen LogP contribution in [0.25, 0.3) is 0 Å². The minimum Gasteiger partial charge on any atom is -0.462 e. The molecule has 0 aromatic rings. The Bertz CT molecular complexity index is 221. The van der Waals surface area contributed by atoms with E-state index in [-0.39, 0.29) is 17.5 Å². The number of hydrogen-bond acceptors (Lipinski definition) is 3. The van der Waals surface area contributed by atoms with Crippen LogP contribution in [0.15, 0.2) is 0 Å². The highest BCUT2D eigenvalue weighted by atomic mass is 32.1. The summed E-state index contributed by atoms with van der Waals surface area (Å²) in [7, 11) is 0. The Morgan fingerprint density at radius 3 is 2.71 bits per heavy atom. The van der Waals surface area contributed by atoms with Crippen molar-refractivity contribution in [1.82, 2.24) is 0 Å². The van der Waals surface area contributed by atoms with Crippen LogP contribution in [-0.4, -0.2) is 17.8 Å². The first-order valence-corrected chi connectivity index (χ1v) is 6.22. The first-order valence-electron chi connectivity index (χ1n) is 5.59. The molecule has 1 heterocycles. The zero-order valence-electron chi connectivity index (χ0n) is 8.50. The van der Waals surface area contributed by atoms with E-state index in [2.05, 4.69) is 12.6 Å². The number of cyclic esters (lactones) is 1. The fourth-order valence-electron chi connectivity index (χ4n) is 2.78. The summed E-state index contributed by atoms with van der Waals surface area (Å²) in [5.74, 6) is 0.887. The molecule has 0 aromatic carbocycles. The largest absolute Gasteiger partial charge is 0.462 e. The summed E-state index contributed by atoms with van der Waals surface area (Å²) >= 11 is 4.19. The third-order valence-electron chi connectivity index (χ3n) is 3.59. The van der Waals surface area contributed by atoms with E-state index in [1.54, 1.807) is 0 Å². The maximum Gasteiger partial charge on any atom is 0.312 e. The molecule has 0 amide bonds. The summed E-state index contributed by atoms with van der Waals surface area (Å²) in [5.41, 5.74) is -0.0914. The molecule has 0 N–H and O–H groups in total. The van der Waals surface area contributed by atoms with Gasteiger partial charge in [-0.3, -0.25) is 4.79 Å². The number of carbonyl (C=O) groups excluding carboxylic acids is 1. The Morgan fingerprint density at radius 2 is 2.07 bits per heavy atom. The molecule has 0 radical (unpaired) electrons. The molecule has 14 heavy (non-hydrogen) atoms. The molecule has 1 atom stereocenters. The molecule has 1 saturated carbocycles. The van der Waals surface area contributed by atoms with Gasteiger partial charge < -0.3 is 4.74 Å². The second-order valence-electron chi connectivity index (χ2n) is 4.58. The van der Waals surface area contributed by atoms with E-state index >= 15 is 0 Å². The smallest absolute Gasteiger partial charge is 0.312 e. The lowest BCUT2D eigenvalue weighted by Gasteiger charge is -2.28. The zero-order valence-corrected chi connectivity index (χ0v) is 9.39. The van der Waals surface area contributed by atoms with Gasteiger partial charge in [-0.05, 0) is 25.0 Å². The Balaban J connectivity index is 2.01. The van der Waals surface area contributed by atoms with Crippen molar-refractivity contribution in [3.8, 4) is 0 Å². The Kier molecular flexibility index (Phi) is 3.05. The second kappa shape index (κ2) is 4.13. The average molecular weight is 214 g/mol. The van der Waals surface area contributed by atoms with E-state index in [9.17, 15) is 4.79 Å². The molecule has 1 aliphatic heterocycles. The molecular formula is C11H18O2S. The van der Waals surface area contributed by atoms with Crippen LogP contribution in [0.4, 0.5) is 0 Å². The van der Waals surface area contributed by atoms with Crippen molar-refractivity contribution < 1.29 is 9.53 Å². The van der Waals surface area contributed by atoms with Crippen LogP contribution < -0.4 is 0 Å². The molecule has 2 fully saturated rings. The summed E-state index contributed by atoms with van der Waals surface area (Å²) < 4.78 is 5.41. The van der Waals surface area contributed by atoms with Crippen LogP contribution in [0.2, 0.25) is 0 Å². The monoisotopic (exact) mass is 214 g/mol. The lowest BCUT2D eigenvalue weighted by Crippen LogP contribution is -2.28. The van der Waals surface area contributed by atoms with Gasteiger partial charge in [0.15, 0.2) is 0 Å². The van der Waals surface area contributed by atoms with Gasteiger partial charge in [-0.15, -0.1) is 0 Å². The first-order chi connectivity index (χ1) is 6.77. The predicted octanol–water partition coefficient (Wildman–Crippen LogP) is 2.57. The molecule has 0 bridgehead atoms. The predicted molar refractivity (Wildman–Crippen MR) is 58.5 cm³/mol. The number of hydrogen-bond donors (Lipinski definition) is 1. The average Bonchev–Trinajstić information content (AvgIpc) is 2.45. The number of carbonyl (C=O) groups is 1. The zero-order chi connectivity index (χ0) is 10.0. The van der Waals surface area contributed by atoms with Crippen LogP contribution in [0.1, 0.15) is 44.9 Å². The molecule has 1 unspecified atom stereocenters. The van der Waals surface area contributed by atoms with E-state index in [4.69, 9.17) is 4.74 Å². The van der Waals surface area contributed by atoms with Gasteiger partial charge in [0.25, 0.3) is 0 Å². The van der Waals surface area contributed by atoms with Crippen molar-refractivity contribution in [3.05, 3.63) is 0 Å². The maximum atomic E-state index is 11.8. The normalized spacial score (nSPS) is 30.6. The van der Waals surface area contributed by atoms with Crippen LogP contribution in [0, 0.1) is 5.41 Å². The summed E-state index contributed by atoms with van der Waals surface area (Å²) in [6, 6.07) is 0. The third kappa shape index (κ3) is 1.79. The Hall–Kier alpha value is -0.180. The van der Waals surface area contributed by atoms with Gasteiger partial charge in [0.1, 0.15) is 6.10 Å². The molecule has 2 rings (SSSR count). The third-order valence-corrected chi connectivity index (χ3v) is 3.85. The summed E-state index contributed by atoms with van der Waals surface area (Å²) in [5, 5.41) is 0. The van der Waals surface area contributed by atoms with Gasteiger partial charge in [-0.25, -0.2) is 0 Å². The van der Waals surface area contributed by atoms with Crippen LogP contribution in [-0.2, 0) is 9.53 Å². The van der Waals surface area contributed by atoms with Gasteiger partial charge in [0.2, 0.25) is 0 Å². The van der Waals surface area contributed by atoms with Gasteiger partial charge >= 0.3 is 5.97 Å². The lowest BCUT2D eigenvalue weighted by atomic mass is 9.72. The van der Waals surface area contributed by atoms with E-state index < -0.39 is 0 Å². The number of ether oxygens (including phenoxy) is 1. The number of rotatable bonds is 2. The van der Waals surface area contributed by atoms with Crippen LogP contribution >= 0.6 is 12.6 Å². The topological polar surface area (TPSA) is 26.3 Å². The highest BCUT2D eigenvalue weighted by molar-refractivity contribution is 7.80. The van der Waals surface area contributed by atoms with Crippen molar-refractivity contribution in [3.63, 3.8) is 0 Å². The molecule has 1 spiro atoms. The van der Waals surface area contributed by atoms with Gasteiger partial charge in [0, 0.05) is 6.42 Å². The highest BCUT2D eigenvalue weighted by Crippen LogP contribution is 2.46. The van der Waals surface area contributed by atoms with E-state index in [0.717, 1.165) is 31.4 Å². The van der Waals surface area contributed by atoms with Crippen molar-refractivity contribution in [2.45, 2.75) is 51.0 Å². The molecule has 1 saturated heterocycles. The van der Waals surface area contributed by atoms with E-state index in [0.29, 0.717) is 0 Å². The van der Waals surface area contributed by atoms with Crippen molar-refractivity contribution in [2.24, 2.45) is 5.41 Å². The number of esters is 1. The van der Waals surface area contributed by atoms with Crippen molar-refractivity contribution in [1.29, 1.82) is 0 Å². The molecule has 2 nitrogen and oxygen atoms in total. The minimum absolute atomic E-state index is 0.0731. The Morgan fingerprint density at radius 1 is 1.36 bits per heavy atom. The molecular weight excluding hydrogens is 196 g/mol. The summed E-state index contributed by atoms with van der Waals surface area (Å²) in [6.07, 6.45) is 7.79. The second-order valence-corrected chi connectivity index (χ2v) is 5.03. The van der Waals surface area contributed by atoms with Gasteiger partial charge in [-0.1, -0.05) is 19.3 Å². The maximum absolute atomic E-state index is 11.8. The van der Waals surface area contributed by atoms with Crippen LogP contribution in [0.3, 0.4) is 0 Å². The fourth-order valence-corrected chi connectivity index (χ4v) is 3.07. The lowest BCUT2D eigenvalue weighted by molar-refractivity contribution is -0.150. The minimum atomic E-state index is -0.0914. The molecule has 0 aromatic heterocycles. The SMILES string of the molecule is O=C1OC(CCS)CC12CCCCC2. The van der Waals surface area contributed by atoms with Crippen LogP contribution in [0.5, 0.6) is 0 Å². The molecule has 3 heteroatoms. The highest BCUT2D eigenvalue weighted by Gasteiger charge is 2.48. The quantitative estimate of drug-likeness (QED) is 0.565. The van der Waals surface area contributed by atoms with Crippen molar-refractivity contribution in [2.75, 3.05) is 5.75 Å².